The number of amides is 2. The van der Waals surface area contributed by atoms with Crippen LogP contribution >= 0.6 is 11.6 Å². The van der Waals surface area contributed by atoms with E-state index in [0.717, 1.165) is 55.7 Å². The van der Waals surface area contributed by atoms with Gasteiger partial charge in [-0.25, -0.2) is 4.79 Å². The summed E-state index contributed by atoms with van der Waals surface area (Å²) in [6.07, 6.45) is 7.65. The van der Waals surface area contributed by atoms with Crippen molar-refractivity contribution in [2.75, 3.05) is 6.61 Å². The molecule has 0 aromatic heterocycles. The maximum atomic E-state index is 12.6. The number of ether oxygens (including phenoxy) is 1. The van der Waals surface area contributed by atoms with E-state index in [1.54, 1.807) is 0 Å². The summed E-state index contributed by atoms with van der Waals surface area (Å²) in [6, 6.07) is 7.81. The number of carbonyl (C=O) groups excluding carboxylic acids is 1. The third-order valence-corrected chi connectivity index (χ3v) is 5.59. The zero-order valence-corrected chi connectivity index (χ0v) is 15.1. The molecule has 1 saturated carbocycles. The molecule has 2 unspecified atom stereocenters. The molecule has 4 nitrogen and oxygen atoms in total. The van der Waals surface area contributed by atoms with E-state index in [1.165, 1.54) is 6.42 Å². The number of carbonyl (C=O) groups is 1. The van der Waals surface area contributed by atoms with E-state index in [0.29, 0.717) is 0 Å². The summed E-state index contributed by atoms with van der Waals surface area (Å²) < 4.78 is 5.67. The van der Waals surface area contributed by atoms with Gasteiger partial charge < -0.3 is 15.4 Å². The third-order valence-electron chi connectivity index (χ3n) is 5.34. The molecule has 2 N–H and O–H groups in total. The first-order chi connectivity index (χ1) is 11.6. The van der Waals surface area contributed by atoms with Gasteiger partial charge in [-0.05, 0) is 50.3 Å². The highest BCUT2D eigenvalue weighted by molar-refractivity contribution is 6.30. The fourth-order valence-electron chi connectivity index (χ4n) is 3.96. The molecule has 1 aromatic rings. The number of urea groups is 1. The molecule has 1 heterocycles. The number of halogens is 1. The average Bonchev–Trinajstić information content (AvgIpc) is 3.10. The van der Waals surface area contributed by atoms with Gasteiger partial charge in [-0.1, -0.05) is 43.0 Å². The minimum atomic E-state index is -0.289. The van der Waals surface area contributed by atoms with E-state index in [4.69, 9.17) is 16.3 Å². The van der Waals surface area contributed by atoms with Crippen molar-refractivity contribution in [3.63, 3.8) is 0 Å². The quantitative estimate of drug-likeness (QED) is 0.847. The normalized spacial score (nSPS) is 24.3. The molecule has 1 aliphatic heterocycles. The van der Waals surface area contributed by atoms with Crippen molar-refractivity contribution in [1.29, 1.82) is 0 Å². The molecule has 2 amide bonds. The molecular weight excluding hydrogens is 324 g/mol. The minimum absolute atomic E-state index is 0.0263. The summed E-state index contributed by atoms with van der Waals surface area (Å²) in [4.78, 5) is 12.6. The summed E-state index contributed by atoms with van der Waals surface area (Å²) in [5.41, 5.74) is 0.856. The predicted octanol–water partition coefficient (Wildman–Crippen LogP) is 4.37. The summed E-state index contributed by atoms with van der Waals surface area (Å²) >= 11 is 6.03. The van der Waals surface area contributed by atoms with Crippen molar-refractivity contribution in [2.24, 2.45) is 0 Å². The molecule has 2 aliphatic rings. The molecule has 132 valence electrons. The highest BCUT2D eigenvalue weighted by atomic mass is 35.5. The smallest absolute Gasteiger partial charge is 0.315 e. The lowest BCUT2D eigenvalue weighted by atomic mass is 9.76. The molecule has 1 saturated heterocycles. The van der Waals surface area contributed by atoms with E-state index in [1.807, 2.05) is 31.2 Å². The van der Waals surface area contributed by atoms with Gasteiger partial charge in [0.2, 0.25) is 0 Å². The number of hydrogen-bond acceptors (Lipinski definition) is 2. The number of nitrogens with one attached hydrogen (secondary N) is 2. The van der Waals surface area contributed by atoms with Crippen LogP contribution in [0.25, 0.3) is 0 Å². The van der Waals surface area contributed by atoms with Gasteiger partial charge in [0.25, 0.3) is 0 Å². The minimum Gasteiger partial charge on any atom is -0.376 e. The summed E-state index contributed by atoms with van der Waals surface area (Å²) in [7, 11) is 0. The first-order valence-electron chi connectivity index (χ1n) is 9.05. The topological polar surface area (TPSA) is 50.4 Å². The monoisotopic (exact) mass is 350 g/mol. The third kappa shape index (κ3) is 4.04. The van der Waals surface area contributed by atoms with Crippen LogP contribution in [0.3, 0.4) is 0 Å². The van der Waals surface area contributed by atoms with Gasteiger partial charge in [0.15, 0.2) is 0 Å². The zero-order chi connectivity index (χ0) is 17.0. The summed E-state index contributed by atoms with van der Waals surface area (Å²) in [5, 5.41) is 7.07. The number of rotatable bonds is 4. The molecule has 5 heteroatoms. The SMILES string of the molecule is CC(NC(=O)NC1(c2ccc(Cl)cc2)CCCCC1)C1CCCO1. The maximum absolute atomic E-state index is 12.6. The van der Waals surface area contributed by atoms with E-state index in [-0.39, 0.29) is 23.7 Å². The second kappa shape index (κ2) is 7.75. The second-order valence-corrected chi connectivity index (χ2v) is 7.52. The van der Waals surface area contributed by atoms with E-state index in [9.17, 15) is 4.79 Å². The van der Waals surface area contributed by atoms with Crippen molar-refractivity contribution in [3.8, 4) is 0 Å². The first-order valence-corrected chi connectivity index (χ1v) is 9.43. The largest absolute Gasteiger partial charge is 0.376 e. The van der Waals surface area contributed by atoms with Crippen LogP contribution in [0.2, 0.25) is 5.02 Å². The van der Waals surface area contributed by atoms with Crippen molar-refractivity contribution >= 4 is 17.6 Å². The highest BCUT2D eigenvalue weighted by Gasteiger charge is 2.36. The van der Waals surface area contributed by atoms with E-state index >= 15 is 0 Å². The summed E-state index contributed by atoms with van der Waals surface area (Å²) in [5.74, 6) is 0. The molecule has 1 aromatic carbocycles. The van der Waals surface area contributed by atoms with Gasteiger partial charge in [-0.2, -0.15) is 0 Å². The molecule has 3 rings (SSSR count). The lowest BCUT2D eigenvalue weighted by Crippen LogP contribution is -2.54. The van der Waals surface area contributed by atoms with Crippen LogP contribution in [0.15, 0.2) is 24.3 Å². The van der Waals surface area contributed by atoms with Gasteiger partial charge >= 0.3 is 6.03 Å². The Balaban J connectivity index is 1.69. The average molecular weight is 351 g/mol. The van der Waals surface area contributed by atoms with Gasteiger partial charge in [0, 0.05) is 11.6 Å². The maximum Gasteiger partial charge on any atom is 0.315 e. The highest BCUT2D eigenvalue weighted by Crippen LogP contribution is 2.37. The first kappa shape index (κ1) is 17.6. The molecule has 1 aliphatic carbocycles. The zero-order valence-electron chi connectivity index (χ0n) is 14.3. The van der Waals surface area contributed by atoms with Crippen molar-refractivity contribution < 1.29 is 9.53 Å². The van der Waals surface area contributed by atoms with Crippen LogP contribution < -0.4 is 10.6 Å². The fourth-order valence-corrected chi connectivity index (χ4v) is 4.09. The number of hydrogen-bond donors (Lipinski definition) is 2. The Hall–Kier alpha value is -1.26. The Labute approximate surface area is 149 Å². The Morgan fingerprint density at radius 1 is 1.21 bits per heavy atom. The lowest BCUT2D eigenvalue weighted by molar-refractivity contribution is 0.0849. The van der Waals surface area contributed by atoms with Crippen LogP contribution in [0.1, 0.15) is 57.4 Å². The molecule has 0 bridgehead atoms. The Bertz CT molecular complexity index is 549. The van der Waals surface area contributed by atoms with Gasteiger partial charge in [-0.15, -0.1) is 0 Å². The molecule has 0 spiro atoms. The molecule has 2 atom stereocenters. The Morgan fingerprint density at radius 2 is 1.92 bits per heavy atom. The standard InChI is InChI=1S/C19H27ClN2O2/c1-14(17-6-5-13-24-17)21-18(23)22-19(11-3-2-4-12-19)15-7-9-16(20)10-8-15/h7-10,14,17H,2-6,11-13H2,1H3,(H2,21,22,23). The van der Waals surface area contributed by atoms with Crippen LogP contribution in [-0.2, 0) is 10.3 Å². The fraction of sp³-hybridized carbons (Fsp3) is 0.632. The predicted molar refractivity (Wildman–Crippen MR) is 96.3 cm³/mol. The van der Waals surface area contributed by atoms with Gasteiger partial charge in [0.05, 0.1) is 17.7 Å². The van der Waals surface area contributed by atoms with E-state index in [2.05, 4.69) is 10.6 Å². The van der Waals surface area contributed by atoms with Crippen LogP contribution in [0.4, 0.5) is 4.79 Å². The van der Waals surface area contributed by atoms with E-state index < -0.39 is 0 Å². The second-order valence-electron chi connectivity index (χ2n) is 7.09. The van der Waals surface area contributed by atoms with Crippen molar-refractivity contribution in [2.45, 2.75) is 69.6 Å². The summed E-state index contributed by atoms with van der Waals surface area (Å²) in [6.45, 7) is 2.82. The molecule has 0 radical (unpaired) electrons. The Morgan fingerprint density at radius 3 is 2.54 bits per heavy atom. The van der Waals surface area contributed by atoms with Crippen LogP contribution in [0, 0.1) is 0 Å². The van der Waals surface area contributed by atoms with Crippen molar-refractivity contribution in [1.82, 2.24) is 10.6 Å². The van der Waals surface area contributed by atoms with Crippen LogP contribution in [-0.4, -0.2) is 24.8 Å². The van der Waals surface area contributed by atoms with Crippen molar-refractivity contribution in [3.05, 3.63) is 34.9 Å². The van der Waals surface area contributed by atoms with Gasteiger partial charge in [0.1, 0.15) is 0 Å². The molecular formula is C19H27ClN2O2. The van der Waals surface area contributed by atoms with Crippen LogP contribution in [0.5, 0.6) is 0 Å². The Kier molecular flexibility index (Phi) is 5.67. The number of benzene rings is 1. The van der Waals surface area contributed by atoms with Gasteiger partial charge in [-0.3, -0.25) is 0 Å². The lowest BCUT2D eigenvalue weighted by Gasteiger charge is -2.39. The molecule has 2 fully saturated rings. The molecule has 24 heavy (non-hydrogen) atoms.